The quantitative estimate of drug-likeness (QED) is 0.686. The molecule has 60 valence electrons. The molecule has 0 saturated heterocycles. The molecule has 1 rings (SSSR count). The zero-order valence-electron chi connectivity index (χ0n) is 6.85. The van der Waals surface area contributed by atoms with Gasteiger partial charge in [-0.2, -0.15) is 0 Å². The number of aryl methyl sites for hydroxylation is 2. The number of nitrogens with zero attached hydrogens (tertiary/aromatic N) is 1. The van der Waals surface area contributed by atoms with Crippen LogP contribution in [-0.2, 0) is 12.8 Å². The van der Waals surface area contributed by atoms with Crippen LogP contribution in [0.3, 0.4) is 0 Å². The summed E-state index contributed by atoms with van der Waals surface area (Å²) >= 11 is 5.09. The molecule has 0 aliphatic rings. The molecule has 0 spiro atoms. The summed E-state index contributed by atoms with van der Waals surface area (Å²) in [7, 11) is 0. The monoisotopic (exact) mass is 168 g/mol. The zero-order valence-corrected chi connectivity index (χ0v) is 7.66. The lowest BCUT2D eigenvalue weighted by atomic mass is 10.3. The van der Waals surface area contributed by atoms with E-state index < -0.39 is 0 Å². The van der Waals surface area contributed by atoms with Crippen molar-refractivity contribution in [3.8, 4) is 0 Å². The number of hydrogen-bond donors (Lipinski definition) is 1. The lowest BCUT2D eigenvalue weighted by Gasteiger charge is -1.98. The van der Waals surface area contributed by atoms with E-state index in [0.717, 1.165) is 28.9 Å². The van der Waals surface area contributed by atoms with E-state index in [1.165, 1.54) is 0 Å². The van der Waals surface area contributed by atoms with Gasteiger partial charge in [-0.3, -0.25) is 4.98 Å². The minimum atomic E-state index is 0.784. The van der Waals surface area contributed by atoms with Crippen LogP contribution >= 0.6 is 12.2 Å². The fraction of sp³-hybridized carbons (Fsp3) is 0.500. The summed E-state index contributed by atoms with van der Waals surface area (Å²) in [5, 5.41) is 0. The molecule has 0 saturated carbocycles. The van der Waals surface area contributed by atoms with Gasteiger partial charge in [-0.1, -0.05) is 26.1 Å². The van der Waals surface area contributed by atoms with Crippen LogP contribution in [0.25, 0.3) is 0 Å². The predicted molar refractivity (Wildman–Crippen MR) is 48.2 cm³/mol. The van der Waals surface area contributed by atoms with Crippen LogP contribution in [0.15, 0.2) is 6.20 Å². The van der Waals surface area contributed by atoms with Crippen molar-refractivity contribution >= 4 is 12.2 Å². The van der Waals surface area contributed by atoms with E-state index in [4.69, 9.17) is 12.2 Å². The number of nitrogens with one attached hydrogen (secondary N) is 1. The number of aromatic nitrogens is 2. The Labute approximate surface area is 71.7 Å². The van der Waals surface area contributed by atoms with E-state index in [9.17, 15) is 0 Å². The van der Waals surface area contributed by atoms with E-state index in [1.54, 1.807) is 0 Å². The molecule has 0 radical (unpaired) electrons. The molecular weight excluding hydrogens is 156 g/mol. The van der Waals surface area contributed by atoms with E-state index >= 15 is 0 Å². The van der Waals surface area contributed by atoms with Gasteiger partial charge in [-0.25, -0.2) is 0 Å². The molecule has 1 N–H and O–H groups in total. The van der Waals surface area contributed by atoms with Gasteiger partial charge in [0.15, 0.2) is 0 Å². The number of rotatable bonds is 2. The molecule has 11 heavy (non-hydrogen) atoms. The molecule has 0 bridgehead atoms. The highest BCUT2D eigenvalue weighted by molar-refractivity contribution is 7.71. The van der Waals surface area contributed by atoms with Gasteiger partial charge < -0.3 is 4.98 Å². The minimum absolute atomic E-state index is 0.784. The first-order chi connectivity index (χ1) is 5.27. The molecule has 0 unspecified atom stereocenters. The largest absolute Gasteiger partial charge is 0.347 e. The molecule has 3 heteroatoms. The summed E-state index contributed by atoms with van der Waals surface area (Å²) < 4.78 is 0.784. The van der Waals surface area contributed by atoms with Crippen LogP contribution < -0.4 is 0 Å². The van der Waals surface area contributed by atoms with Gasteiger partial charge in [-0.15, -0.1) is 0 Å². The third-order valence-electron chi connectivity index (χ3n) is 1.63. The van der Waals surface area contributed by atoms with Gasteiger partial charge in [0.2, 0.25) is 0 Å². The second kappa shape index (κ2) is 3.62. The molecule has 0 amide bonds. The Hall–Kier alpha value is -0.700. The van der Waals surface area contributed by atoms with Crippen LogP contribution in [0.4, 0.5) is 0 Å². The summed E-state index contributed by atoms with van der Waals surface area (Å²) in [5.74, 6) is 0. The number of aromatic amines is 1. The molecule has 1 aromatic heterocycles. The molecule has 1 heterocycles. The highest BCUT2D eigenvalue weighted by atomic mass is 32.1. The van der Waals surface area contributed by atoms with Crippen LogP contribution in [0.1, 0.15) is 25.2 Å². The van der Waals surface area contributed by atoms with Crippen LogP contribution in [0.2, 0.25) is 0 Å². The van der Waals surface area contributed by atoms with Gasteiger partial charge >= 0.3 is 0 Å². The third kappa shape index (κ3) is 1.87. The summed E-state index contributed by atoms with van der Waals surface area (Å²) in [5.41, 5.74) is 2.09. The average molecular weight is 168 g/mol. The Balaban J connectivity index is 3.10. The predicted octanol–water partition coefficient (Wildman–Crippen LogP) is 2.26. The summed E-state index contributed by atoms with van der Waals surface area (Å²) in [6, 6.07) is 0. The summed E-state index contributed by atoms with van der Waals surface area (Å²) in [6.45, 7) is 4.13. The molecule has 2 nitrogen and oxygen atoms in total. The first kappa shape index (κ1) is 8.40. The Morgan fingerprint density at radius 1 is 1.45 bits per heavy atom. The zero-order chi connectivity index (χ0) is 8.27. The smallest absolute Gasteiger partial charge is 0.125 e. The number of hydrogen-bond acceptors (Lipinski definition) is 2. The lowest BCUT2D eigenvalue weighted by molar-refractivity contribution is 0.925. The fourth-order valence-corrected chi connectivity index (χ4v) is 1.22. The standard InChI is InChI=1S/C8H12N2S/c1-3-6-5-9-7(4-2)8(11)10-6/h5H,3-4H2,1-2H3,(H,10,11). The average Bonchev–Trinajstić information content (AvgIpc) is 2.04. The first-order valence-electron chi connectivity index (χ1n) is 3.85. The van der Waals surface area contributed by atoms with Crippen LogP contribution in [0, 0.1) is 4.64 Å². The molecule has 0 fully saturated rings. The summed E-state index contributed by atoms with van der Waals surface area (Å²) in [6.07, 6.45) is 3.72. The van der Waals surface area contributed by atoms with Crippen molar-refractivity contribution in [2.75, 3.05) is 0 Å². The normalized spacial score (nSPS) is 10.0. The molecule has 1 aromatic rings. The van der Waals surface area contributed by atoms with E-state index in [0.29, 0.717) is 0 Å². The van der Waals surface area contributed by atoms with Crippen molar-refractivity contribution in [3.05, 3.63) is 22.2 Å². The van der Waals surface area contributed by atoms with E-state index in [-0.39, 0.29) is 0 Å². The fourth-order valence-electron chi connectivity index (χ4n) is 0.896. The third-order valence-corrected chi connectivity index (χ3v) is 1.97. The second-order valence-corrected chi connectivity index (χ2v) is 2.80. The first-order valence-corrected chi connectivity index (χ1v) is 4.25. The minimum Gasteiger partial charge on any atom is -0.347 e. The molecule has 0 aromatic carbocycles. The van der Waals surface area contributed by atoms with Crippen LogP contribution in [-0.4, -0.2) is 9.97 Å². The van der Waals surface area contributed by atoms with Crippen molar-refractivity contribution in [1.29, 1.82) is 0 Å². The van der Waals surface area contributed by atoms with Gasteiger partial charge in [0.1, 0.15) is 4.64 Å². The van der Waals surface area contributed by atoms with Crippen molar-refractivity contribution in [2.45, 2.75) is 26.7 Å². The SMILES string of the molecule is CCc1cnc(CC)c(=S)[nH]1. The van der Waals surface area contributed by atoms with Gasteiger partial charge in [0.05, 0.1) is 5.69 Å². The van der Waals surface area contributed by atoms with Gasteiger partial charge in [-0.05, 0) is 12.8 Å². The number of H-pyrrole nitrogens is 1. The second-order valence-electron chi connectivity index (χ2n) is 2.39. The Morgan fingerprint density at radius 2 is 2.18 bits per heavy atom. The van der Waals surface area contributed by atoms with E-state index in [2.05, 4.69) is 23.8 Å². The maximum absolute atomic E-state index is 5.09. The van der Waals surface area contributed by atoms with Crippen molar-refractivity contribution < 1.29 is 0 Å². The summed E-state index contributed by atoms with van der Waals surface area (Å²) in [4.78, 5) is 7.36. The highest BCUT2D eigenvalue weighted by Gasteiger charge is 1.94. The topological polar surface area (TPSA) is 28.7 Å². The van der Waals surface area contributed by atoms with E-state index in [1.807, 2.05) is 6.20 Å². The maximum atomic E-state index is 5.09. The van der Waals surface area contributed by atoms with Gasteiger partial charge in [0, 0.05) is 11.9 Å². The lowest BCUT2D eigenvalue weighted by Crippen LogP contribution is -1.95. The Morgan fingerprint density at radius 3 is 2.64 bits per heavy atom. The van der Waals surface area contributed by atoms with Crippen molar-refractivity contribution in [2.24, 2.45) is 0 Å². The van der Waals surface area contributed by atoms with Gasteiger partial charge in [0.25, 0.3) is 0 Å². The molecule has 0 atom stereocenters. The molecule has 0 aliphatic carbocycles. The maximum Gasteiger partial charge on any atom is 0.125 e. The molecular formula is C8H12N2S. The Bertz CT molecular complexity index is 290. The van der Waals surface area contributed by atoms with Crippen molar-refractivity contribution in [1.82, 2.24) is 9.97 Å². The van der Waals surface area contributed by atoms with Crippen LogP contribution in [0.5, 0.6) is 0 Å². The molecule has 0 aliphatic heterocycles. The Kier molecular flexibility index (Phi) is 2.76. The van der Waals surface area contributed by atoms with Crippen molar-refractivity contribution in [3.63, 3.8) is 0 Å². The highest BCUT2D eigenvalue weighted by Crippen LogP contribution is 1.99.